The molecule has 0 aliphatic carbocycles. The topological polar surface area (TPSA) is 69.7 Å². The lowest BCUT2D eigenvalue weighted by molar-refractivity contribution is -0.119. The summed E-state index contributed by atoms with van der Waals surface area (Å²) < 4.78 is 40.6. The van der Waals surface area contributed by atoms with Crippen LogP contribution in [0, 0.1) is 11.7 Å². The Labute approximate surface area is 177 Å². The minimum absolute atomic E-state index is 0.0631. The predicted octanol–water partition coefficient (Wildman–Crippen LogP) is 2.87. The summed E-state index contributed by atoms with van der Waals surface area (Å²) in [4.78, 5) is 14.8. The number of hydrogen-bond acceptors (Lipinski definition) is 4. The van der Waals surface area contributed by atoms with E-state index in [2.05, 4.69) is 17.3 Å². The highest BCUT2D eigenvalue weighted by Crippen LogP contribution is 2.23. The lowest BCUT2D eigenvalue weighted by Crippen LogP contribution is -2.41. The minimum Gasteiger partial charge on any atom is -0.355 e. The predicted molar refractivity (Wildman–Crippen MR) is 115 cm³/mol. The number of nitrogens with zero attached hydrogens (tertiary/aromatic N) is 2. The molecule has 0 spiro atoms. The first kappa shape index (κ1) is 22.2. The van der Waals surface area contributed by atoms with E-state index in [1.54, 1.807) is 30.3 Å². The Morgan fingerprint density at radius 1 is 1.10 bits per heavy atom. The van der Waals surface area contributed by atoms with Gasteiger partial charge in [0.2, 0.25) is 5.91 Å². The van der Waals surface area contributed by atoms with Gasteiger partial charge in [-0.1, -0.05) is 18.2 Å². The summed E-state index contributed by atoms with van der Waals surface area (Å²) in [6.07, 6.45) is 3.11. The Kier molecular flexibility index (Phi) is 7.44. The number of benzene rings is 2. The molecule has 0 bridgehead atoms. The number of carbonyl (C=O) groups excluding carboxylic acids is 1. The maximum atomic E-state index is 13.2. The second kappa shape index (κ2) is 10.0. The van der Waals surface area contributed by atoms with Crippen molar-refractivity contribution in [2.45, 2.75) is 24.2 Å². The highest BCUT2D eigenvalue weighted by atomic mass is 32.2. The summed E-state index contributed by atoms with van der Waals surface area (Å²) in [5, 5.41) is 2.86. The number of likely N-dealkylation sites (tertiary alicyclic amines) is 1. The van der Waals surface area contributed by atoms with Crippen molar-refractivity contribution in [2.75, 3.05) is 37.5 Å². The molecule has 162 valence electrons. The van der Waals surface area contributed by atoms with Gasteiger partial charge in [0.1, 0.15) is 12.4 Å². The summed E-state index contributed by atoms with van der Waals surface area (Å²) in [6.45, 7) is 2.32. The zero-order valence-corrected chi connectivity index (χ0v) is 17.9. The first-order valence-corrected chi connectivity index (χ1v) is 11.6. The third-order valence-electron chi connectivity index (χ3n) is 5.45. The number of anilines is 1. The Balaban J connectivity index is 1.67. The lowest BCUT2D eigenvalue weighted by atomic mass is 9.94. The number of halogens is 1. The van der Waals surface area contributed by atoms with Crippen LogP contribution in [-0.2, 0) is 14.8 Å². The number of rotatable bonds is 8. The van der Waals surface area contributed by atoms with Gasteiger partial charge in [-0.25, -0.2) is 12.8 Å². The Morgan fingerprint density at radius 3 is 2.37 bits per heavy atom. The molecule has 30 heavy (non-hydrogen) atoms. The standard InChI is InChI=1S/C22H28FN3O3S/c1-25-15-12-18(13-16-25)11-14-24-22(27)17-26(20-5-3-2-4-6-20)30(28,29)21-9-7-19(23)8-10-21/h2-10,18H,11-17H2,1H3,(H,24,27). The van der Waals surface area contributed by atoms with Gasteiger partial charge in [-0.3, -0.25) is 9.10 Å². The molecular formula is C22H28FN3O3S. The van der Waals surface area contributed by atoms with E-state index in [9.17, 15) is 17.6 Å². The molecule has 1 fully saturated rings. The van der Waals surface area contributed by atoms with Gasteiger partial charge >= 0.3 is 0 Å². The molecule has 1 amide bonds. The van der Waals surface area contributed by atoms with E-state index >= 15 is 0 Å². The molecule has 1 aliphatic heterocycles. The molecule has 2 aromatic carbocycles. The van der Waals surface area contributed by atoms with Crippen molar-refractivity contribution in [1.82, 2.24) is 10.2 Å². The molecule has 0 unspecified atom stereocenters. The van der Waals surface area contributed by atoms with Crippen LogP contribution in [-0.4, -0.2) is 52.5 Å². The van der Waals surface area contributed by atoms with Crippen LogP contribution in [0.1, 0.15) is 19.3 Å². The zero-order chi connectivity index (χ0) is 21.6. The largest absolute Gasteiger partial charge is 0.355 e. The number of nitrogens with one attached hydrogen (secondary N) is 1. The molecule has 0 aromatic heterocycles. The Morgan fingerprint density at radius 2 is 1.73 bits per heavy atom. The van der Waals surface area contributed by atoms with Gasteiger partial charge in [-0.05, 0) is 81.7 Å². The third kappa shape index (κ3) is 5.79. The van der Waals surface area contributed by atoms with Gasteiger partial charge < -0.3 is 10.2 Å². The maximum Gasteiger partial charge on any atom is 0.264 e. The van der Waals surface area contributed by atoms with Gasteiger partial charge in [0.25, 0.3) is 10.0 Å². The first-order chi connectivity index (χ1) is 14.4. The second-order valence-electron chi connectivity index (χ2n) is 7.69. The Bertz CT molecular complexity index is 928. The molecule has 2 aromatic rings. The van der Waals surface area contributed by atoms with E-state index in [0.29, 0.717) is 18.2 Å². The summed E-state index contributed by atoms with van der Waals surface area (Å²) in [5.41, 5.74) is 0.382. The fourth-order valence-corrected chi connectivity index (χ4v) is 5.02. The monoisotopic (exact) mass is 433 g/mol. The smallest absolute Gasteiger partial charge is 0.264 e. The van der Waals surface area contributed by atoms with Gasteiger partial charge in [0.05, 0.1) is 10.6 Å². The fourth-order valence-electron chi connectivity index (χ4n) is 3.60. The molecular weight excluding hydrogens is 405 g/mol. The van der Waals surface area contributed by atoms with Crippen molar-refractivity contribution < 1.29 is 17.6 Å². The van der Waals surface area contributed by atoms with Crippen LogP contribution < -0.4 is 9.62 Å². The number of amides is 1. The van der Waals surface area contributed by atoms with Crippen LogP contribution in [0.25, 0.3) is 0 Å². The number of sulfonamides is 1. The normalized spacial score (nSPS) is 15.7. The van der Waals surface area contributed by atoms with Gasteiger partial charge in [-0.2, -0.15) is 0 Å². The van der Waals surface area contributed by atoms with Crippen LogP contribution in [0.4, 0.5) is 10.1 Å². The number of piperidine rings is 1. The zero-order valence-electron chi connectivity index (χ0n) is 17.1. The van der Waals surface area contributed by atoms with E-state index in [1.165, 1.54) is 12.1 Å². The molecule has 1 heterocycles. The third-order valence-corrected chi connectivity index (χ3v) is 7.23. The van der Waals surface area contributed by atoms with Crippen molar-refractivity contribution in [3.8, 4) is 0 Å². The number of para-hydroxylation sites is 1. The molecule has 0 saturated carbocycles. The Hall–Kier alpha value is -2.45. The lowest BCUT2D eigenvalue weighted by Gasteiger charge is -2.29. The molecule has 1 saturated heterocycles. The molecule has 1 N–H and O–H groups in total. The maximum absolute atomic E-state index is 13.2. The number of hydrogen-bond donors (Lipinski definition) is 1. The minimum atomic E-state index is -4.02. The van der Waals surface area contributed by atoms with Crippen molar-refractivity contribution in [3.63, 3.8) is 0 Å². The molecule has 6 nitrogen and oxygen atoms in total. The first-order valence-electron chi connectivity index (χ1n) is 10.1. The van der Waals surface area contributed by atoms with Crippen LogP contribution in [0.3, 0.4) is 0 Å². The van der Waals surface area contributed by atoms with Crippen LogP contribution >= 0.6 is 0 Å². The quantitative estimate of drug-likeness (QED) is 0.695. The average Bonchev–Trinajstić information content (AvgIpc) is 2.74. The van der Waals surface area contributed by atoms with E-state index in [4.69, 9.17) is 0 Å². The average molecular weight is 434 g/mol. The van der Waals surface area contributed by atoms with Crippen LogP contribution in [0.5, 0.6) is 0 Å². The fraction of sp³-hybridized carbons (Fsp3) is 0.409. The van der Waals surface area contributed by atoms with Crippen molar-refractivity contribution in [3.05, 3.63) is 60.4 Å². The van der Waals surface area contributed by atoms with Gasteiger partial charge in [0.15, 0.2) is 0 Å². The molecule has 3 rings (SSSR count). The van der Waals surface area contributed by atoms with Crippen molar-refractivity contribution in [1.29, 1.82) is 0 Å². The van der Waals surface area contributed by atoms with Crippen LogP contribution in [0.2, 0.25) is 0 Å². The van der Waals surface area contributed by atoms with Crippen LogP contribution in [0.15, 0.2) is 59.5 Å². The molecule has 0 atom stereocenters. The van der Waals surface area contributed by atoms with E-state index in [-0.39, 0.29) is 17.3 Å². The second-order valence-corrected chi connectivity index (χ2v) is 9.55. The van der Waals surface area contributed by atoms with E-state index in [1.807, 2.05) is 0 Å². The van der Waals surface area contributed by atoms with Gasteiger partial charge in [-0.15, -0.1) is 0 Å². The molecule has 1 aliphatic rings. The molecule has 0 radical (unpaired) electrons. The van der Waals surface area contributed by atoms with Crippen molar-refractivity contribution in [2.24, 2.45) is 5.92 Å². The van der Waals surface area contributed by atoms with Crippen molar-refractivity contribution >= 4 is 21.6 Å². The highest BCUT2D eigenvalue weighted by molar-refractivity contribution is 7.92. The summed E-state index contributed by atoms with van der Waals surface area (Å²) >= 11 is 0. The molecule has 8 heteroatoms. The summed E-state index contributed by atoms with van der Waals surface area (Å²) in [6, 6.07) is 13.1. The summed E-state index contributed by atoms with van der Waals surface area (Å²) in [5.74, 6) is -0.306. The summed E-state index contributed by atoms with van der Waals surface area (Å²) in [7, 11) is -1.91. The van der Waals surface area contributed by atoms with E-state index < -0.39 is 15.8 Å². The highest BCUT2D eigenvalue weighted by Gasteiger charge is 2.27. The number of carbonyl (C=O) groups is 1. The van der Waals surface area contributed by atoms with Gasteiger partial charge in [0, 0.05) is 6.54 Å². The SMILES string of the molecule is CN1CCC(CCNC(=O)CN(c2ccccc2)S(=O)(=O)c2ccc(F)cc2)CC1. The van der Waals surface area contributed by atoms with E-state index in [0.717, 1.165) is 48.8 Å².